The van der Waals surface area contributed by atoms with Gasteiger partial charge < -0.3 is 15.0 Å². The maximum Gasteiger partial charge on any atom is 0.337 e. The number of esters is 1. The van der Waals surface area contributed by atoms with E-state index >= 15 is 0 Å². The molecule has 0 spiro atoms. The number of hydrogen-bond acceptors (Lipinski definition) is 4. The standard InChI is InChI=1S/C20H21ClFN3O3.ClH/c1-28-19(26)15-4-2-14(3-5-15)13-25(16-6-7-18(22)17(21)12-16)20(27)24-10-8-23-9-11-24;/h2-7,12,23H,8-11,13H2,1H3;1H. The van der Waals surface area contributed by atoms with Crippen LogP contribution in [0.3, 0.4) is 0 Å². The van der Waals surface area contributed by atoms with Crippen LogP contribution in [0.2, 0.25) is 5.02 Å². The number of rotatable bonds is 4. The maximum atomic E-state index is 13.6. The number of methoxy groups -OCH3 is 1. The van der Waals surface area contributed by atoms with E-state index in [0.29, 0.717) is 24.3 Å². The first-order valence-corrected chi connectivity index (χ1v) is 9.27. The molecule has 2 amide bonds. The van der Waals surface area contributed by atoms with E-state index in [2.05, 4.69) is 5.32 Å². The molecule has 1 N–H and O–H groups in total. The van der Waals surface area contributed by atoms with Crippen LogP contribution in [0.15, 0.2) is 42.5 Å². The Hall–Kier alpha value is -2.35. The smallest absolute Gasteiger partial charge is 0.337 e. The van der Waals surface area contributed by atoms with Gasteiger partial charge in [-0.3, -0.25) is 4.90 Å². The van der Waals surface area contributed by atoms with Crippen molar-refractivity contribution in [3.8, 4) is 0 Å². The highest BCUT2D eigenvalue weighted by Crippen LogP contribution is 2.25. The van der Waals surface area contributed by atoms with Crippen LogP contribution in [0.25, 0.3) is 0 Å². The van der Waals surface area contributed by atoms with Gasteiger partial charge in [-0.1, -0.05) is 23.7 Å². The summed E-state index contributed by atoms with van der Waals surface area (Å²) < 4.78 is 18.3. The molecule has 1 saturated heterocycles. The molecule has 2 aromatic carbocycles. The summed E-state index contributed by atoms with van der Waals surface area (Å²) in [6.07, 6.45) is 0. The molecule has 0 unspecified atom stereocenters. The van der Waals surface area contributed by atoms with Crippen molar-refractivity contribution >= 4 is 41.7 Å². The fourth-order valence-corrected chi connectivity index (χ4v) is 3.17. The minimum atomic E-state index is -0.539. The van der Waals surface area contributed by atoms with Crippen molar-refractivity contribution in [3.63, 3.8) is 0 Å². The number of nitrogens with zero attached hydrogens (tertiary/aromatic N) is 2. The van der Waals surface area contributed by atoms with Crippen LogP contribution in [0.4, 0.5) is 14.9 Å². The van der Waals surface area contributed by atoms with Crippen LogP contribution in [0, 0.1) is 5.82 Å². The Morgan fingerprint density at radius 2 is 1.83 bits per heavy atom. The highest BCUT2D eigenvalue weighted by atomic mass is 35.5. The van der Waals surface area contributed by atoms with Gasteiger partial charge in [0, 0.05) is 31.9 Å². The molecule has 0 bridgehead atoms. The van der Waals surface area contributed by atoms with Gasteiger partial charge in [-0.2, -0.15) is 0 Å². The Balaban J connectivity index is 0.00000300. The van der Waals surface area contributed by atoms with E-state index in [4.69, 9.17) is 16.3 Å². The number of amides is 2. The predicted octanol–water partition coefficient (Wildman–Crippen LogP) is 3.72. The lowest BCUT2D eigenvalue weighted by Crippen LogP contribution is -2.51. The third kappa shape index (κ3) is 5.59. The first-order chi connectivity index (χ1) is 13.5. The van der Waals surface area contributed by atoms with Crippen molar-refractivity contribution in [2.75, 3.05) is 38.2 Å². The molecule has 1 heterocycles. The highest BCUT2D eigenvalue weighted by molar-refractivity contribution is 6.31. The first kappa shape index (κ1) is 22.9. The number of carbonyl (C=O) groups is 2. The summed E-state index contributed by atoms with van der Waals surface area (Å²) in [5, 5.41) is 3.17. The molecule has 0 aromatic heterocycles. The van der Waals surface area contributed by atoms with E-state index in [1.54, 1.807) is 34.1 Å². The minimum Gasteiger partial charge on any atom is -0.465 e. The van der Waals surface area contributed by atoms with E-state index in [1.165, 1.54) is 25.3 Å². The fourth-order valence-electron chi connectivity index (χ4n) is 3.00. The second kappa shape index (κ2) is 10.4. The highest BCUT2D eigenvalue weighted by Gasteiger charge is 2.24. The molecule has 3 rings (SSSR count). The van der Waals surface area contributed by atoms with Crippen LogP contribution in [0.1, 0.15) is 15.9 Å². The van der Waals surface area contributed by atoms with Crippen LogP contribution in [0.5, 0.6) is 0 Å². The number of piperazine rings is 1. The summed E-state index contributed by atoms with van der Waals surface area (Å²) in [6.45, 7) is 2.87. The molecule has 0 atom stereocenters. The quantitative estimate of drug-likeness (QED) is 0.734. The van der Waals surface area contributed by atoms with Gasteiger partial charge in [0.1, 0.15) is 5.82 Å². The zero-order valence-corrected chi connectivity index (χ0v) is 17.4. The van der Waals surface area contributed by atoms with Gasteiger partial charge in [0.15, 0.2) is 0 Å². The number of nitrogens with one attached hydrogen (secondary N) is 1. The number of anilines is 1. The Bertz CT molecular complexity index is 859. The molecular formula is C20H22Cl2FN3O3. The van der Waals surface area contributed by atoms with E-state index in [-0.39, 0.29) is 30.0 Å². The number of carbonyl (C=O) groups excluding carboxylic acids is 2. The van der Waals surface area contributed by atoms with Gasteiger partial charge in [0.25, 0.3) is 0 Å². The number of hydrogen-bond donors (Lipinski definition) is 1. The van der Waals surface area contributed by atoms with E-state index in [0.717, 1.165) is 18.7 Å². The molecular weight excluding hydrogens is 420 g/mol. The summed E-state index contributed by atoms with van der Waals surface area (Å²) in [6, 6.07) is 10.9. The monoisotopic (exact) mass is 441 g/mol. The number of ether oxygens (including phenoxy) is 1. The third-order valence-corrected chi connectivity index (χ3v) is 4.84. The van der Waals surface area contributed by atoms with Gasteiger partial charge in [-0.25, -0.2) is 14.0 Å². The van der Waals surface area contributed by atoms with Crippen LogP contribution in [-0.2, 0) is 11.3 Å². The topological polar surface area (TPSA) is 61.9 Å². The van der Waals surface area contributed by atoms with Crippen molar-refractivity contribution in [3.05, 3.63) is 64.4 Å². The molecule has 1 fully saturated rings. The summed E-state index contributed by atoms with van der Waals surface area (Å²) in [5.74, 6) is -0.965. The summed E-state index contributed by atoms with van der Waals surface area (Å²) in [4.78, 5) is 28.0. The number of benzene rings is 2. The summed E-state index contributed by atoms with van der Waals surface area (Å²) in [5.41, 5.74) is 1.75. The second-order valence-corrected chi connectivity index (χ2v) is 6.80. The Morgan fingerprint density at radius 3 is 2.41 bits per heavy atom. The van der Waals surface area contributed by atoms with E-state index < -0.39 is 11.8 Å². The van der Waals surface area contributed by atoms with E-state index in [1.807, 2.05) is 0 Å². The van der Waals surface area contributed by atoms with Crippen molar-refractivity contribution in [2.24, 2.45) is 0 Å². The number of urea groups is 1. The van der Waals surface area contributed by atoms with Crippen molar-refractivity contribution in [1.29, 1.82) is 0 Å². The van der Waals surface area contributed by atoms with E-state index in [9.17, 15) is 14.0 Å². The van der Waals surface area contributed by atoms with Gasteiger partial charge in [-0.05, 0) is 35.9 Å². The first-order valence-electron chi connectivity index (χ1n) is 8.89. The van der Waals surface area contributed by atoms with Crippen LogP contribution in [-0.4, -0.2) is 50.2 Å². The average Bonchev–Trinajstić information content (AvgIpc) is 2.74. The fraction of sp³-hybridized carbons (Fsp3) is 0.300. The van der Waals surface area contributed by atoms with Crippen LogP contribution < -0.4 is 10.2 Å². The minimum absolute atomic E-state index is 0. The predicted molar refractivity (Wildman–Crippen MR) is 112 cm³/mol. The van der Waals surface area contributed by atoms with Crippen LogP contribution >= 0.6 is 24.0 Å². The molecule has 1 aliphatic rings. The lowest BCUT2D eigenvalue weighted by atomic mass is 10.1. The molecule has 0 aliphatic carbocycles. The molecule has 9 heteroatoms. The lowest BCUT2D eigenvalue weighted by molar-refractivity contribution is 0.0600. The number of halogens is 3. The summed E-state index contributed by atoms with van der Waals surface area (Å²) in [7, 11) is 1.32. The Labute approximate surface area is 180 Å². The largest absolute Gasteiger partial charge is 0.465 e. The Kier molecular flexibility index (Phi) is 8.25. The third-order valence-electron chi connectivity index (χ3n) is 4.55. The average molecular weight is 442 g/mol. The zero-order chi connectivity index (χ0) is 20.1. The van der Waals surface area contributed by atoms with Gasteiger partial charge in [-0.15, -0.1) is 12.4 Å². The van der Waals surface area contributed by atoms with Crippen molar-refractivity contribution in [2.45, 2.75) is 6.54 Å². The molecule has 0 saturated carbocycles. The second-order valence-electron chi connectivity index (χ2n) is 6.39. The molecule has 0 radical (unpaired) electrons. The maximum absolute atomic E-state index is 13.6. The van der Waals surface area contributed by atoms with Gasteiger partial charge in [0.05, 0.1) is 24.2 Å². The van der Waals surface area contributed by atoms with Gasteiger partial charge >= 0.3 is 12.0 Å². The molecule has 1 aliphatic heterocycles. The zero-order valence-electron chi connectivity index (χ0n) is 15.9. The molecule has 2 aromatic rings. The lowest BCUT2D eigenvalue weighted by Gasteiger charge is -2.33. The molecule has 6 nitrogen and oxygen atoms in total. The van der Waals surface area contributed by atoms with Crippen molar-refractivity contribution in [1.82, 2.24) is 10.2 Å². The van der Waals surface area contributed by atoms with Crippen molar-refractivity contribution < 1.29 is 18.7 Å². The molecule has 29 heavy (non-hydrogen) atoms. The van der Waals surface area contributed by atoms with Gasteiger partial charge in [0.2, 0.25) is 0 Å². The SMILES string of the molecule is COC(=O)c1ccc(CN(C(=O)N2CCNCC2)c2ccc(F)c(Cl)c2)cc1.Cl. The summed E-state index contributed by atoms with van der Waals surface area (Å²) >= 11 is 5.93. The molecule has 156 valence electrons. The normalized spacial score (nSPS) is 13.4. The Morgan fingerprint density at radius 1 is 1.17 bits per heavy atom.